The fraction of sp³-hybridized carbons (Fsp3) is 0.353. The van der Waals surface area contributed by atoms with Crippen molar-refractivity contribution in [1.82, 2.24) is 4.90 Å². The zero-order valence-corrected chi connectivity index (χ0v) is 11.9. The molecule has 1 aromatic rings. The van der Waals surface area contributed by atoms with Crippen molar-refractivity contribution in [3.63, 3.8) is 0 Å². The minimum atomic E-state index is 0.0940. The zero-order chi connectivity index (χ0) is 13.9. The van der Waals surface area contributed by atoms with E-state index < -0.39 is 0 Å². The second-order valence-electron chi connectivity index (χ2n) is 4.63. The second-order valence-corrected chi connectivity index (χ2v) is 4.63. The molecule has 0 N–H and O–H groups in total. The van der Waals surface area contributed by atoms with Crippen LogP contribution in [0.4, 0.5) is 0 Å². The minimum absolute atomic E-state index is 0.0940. The Hall–Kier alpha value is -1.83. The van der Waals surface area contributed by atoms with E-state index in [0.717, 1.165) is 12.8 Å². The molecule has 0 saturated heterocycles. The Morgan fingerprint density at radius 2 is 1.84 bits per heavy atom. The summed E-state index contributed by atoms with van der Waals surface area (Å²) in [6.45, 7) is 2.25. The molecule has 0 aliphatic carbocycles. The molecule has 0 atom stereocenters. The number of amides is 1. The van der Waals surface area contributed by atoms with E-state index in [1.54, 1.807) is 18.9 Å². The molecule has 1 aromatic carbocycles. The van der Waals surface area contributed by atoms with Crippen molar-refractivity contribution in [2.45, 2.75) is 26.2 Å². The highest BCUT2D eigenvalue weighted by Gasteiger charge is 1.96. The second kappa shape index (κ2) is 9.15. The first-order valence-corrected chi connectivity index (χ1v) is 6.77. The Balaban J connectivity index is 2.11. The number of likely N-dealkylation sites (N-methyl/N-ethyl adjacent to an activating group) is 1. The van der Waals surface area contributed by atoms with E-state index >= 15 is 0 Å². The van der Waals surface area contributed by atoms with Crippen LogP contribution in [0.5, 0.6) is 0 Å². The largest absolute Gasteiger partial charge is 0.342 e. The molecule has 0 fully saturated rings. The number of nitrogens with zero attached hydrogens (tertiary/aromatic N) is 1. The fourth-order valence-corrected chi connectivity index (χ4v) is 1.67. The Labute approximate surface area is 116 Å². The van der Waals surface area contributed by atoms with Gasteiger partial charge in [0.15, 0.2) is 0 Å². The average Bonchev–Trinajstić information content (AvgIpc) is 2.42. The van der Waals surface area contributed by atoms with Crippen molar-refractivity contribution in [1.29, 1.82) is 0 Å². The van der Waals surface area contributed by atoms with Crippen molar-refractivity contribution in [3.05, 3.63) is 60.2 Å². The van der Waals surface area contributed by atoms with Crippen LogP contribution in [0.3, 0.4) is 0 Å². The SMILES string of the molecule is CC(=O)N(C)C/C=C/C=C/CCCc1ccccc1. The lowest BCUT2D eigenvalue weighted by molar-refractivity contribution is -0.127. The number of carbonyl (C=O) groups is 1. The summed E-state index contributed by atoms with van der Waals surface area (Å²) in [7, 11) is 1.80. The van der Waals surface area contributed by atoms with Crippen LogP contribution in [-0.2, 0) is 11.2 Å². The molecule has 102 valence electrons. The molecule has 1 amide bonds. The Kier molecular flexibility index (Phi) is 7.33. The molecule has 0 unspecified atom stereocenters. The predicted octanol–water partition coefficient (Wildman–Crippen LogP) is 3.60. The van der Waals surface area contributed by atoms with Crippen molar-refractivity contribution >= 4 is 5.91 Å². The highest BCUT2D eigenvalue weighted by molar-refractivity contribution is 5.72. The lowest BCUT2D eigenvalue weighted by Gasteiger charge is -2.10. The van der Waals surface area contributed by atoms with E-state index in [-0.39, 0.29) is 5.91 Å². The van der Waals surface area contributed by atoms with Crippen molar-refractivity contribution in [2.24, 2.45) is 0 Å². The van der Waals surface area contributed by atoms with Gasteiger partial charge in [-0.3, -0.25) is 4.79 Å². The predicted molar refractivity (Wildman–Crippen MR) is 81.0 cm³/mol. The maximum atomic E-state index is 11.0. The molecule has 0 aromatic heterocycles. The molecule has 2 nitrogen and oxygen atoms in total. The van der Waals surface area contributed by atoms with Crippen LogP contribution in [0.2, 0.25) is 0 Å². The highest BCUT2D eigenvalue weighted by Crippen LogP contribution is 2.04. The summed E-state index contributed by atoms with van der Waals surface area (Å²) in [6.07, 6.45) is 11.6. The molecule has 0 saturated carbocycles. The molecule has 2 heteroatoms. The number of rotatable bonds is 7. The lowest BCUT2D eigenvalue weighted by atomic mass is 10.1. The summed E-state index contributed by atoms with van der Waals surface area (Å²) in [5, 5.41) is 0. The molecule has 0 heterocycles. The summed E-state index contributed by atoms with van der Waals surface area (Å²) in [6, 6.07) is 10.5. The van der Waals surface area contributed by atoms with Gasteiger partial charge in [-0.05, 0) is 24.8 Å². The first kappa shape index (κ1) is 15.2. The number of carbonyl (C=O) groups excluding carboxylic acids is 1. The van der Waals surface area contributed by atoms with Gasteiger partial charge in [0.1, 0.15) is 0 Å². The van der Waals surface area contributed by atoms with Gasteiger partial charge in [0.2, 0.25) is 5.91 Å². The average molecular weight is 257 g/mol. The number of unbranched alkanes of at least 4 members (excludes halogenated alkanes) is 1. The molecular formula is C17H23NO. The van der Waals surface area contributed by atoms with Gasteiger partial charge in [-0.25, -0.2) is 0 Å². The van der Waals surface area contributed by atoms with Gasteiger partial charge in [-0.15, -0.1) is 0 Å². The summed E-state index contributed by atoms with van der Waals surface area (Å²) in [4.78, 5) is 12.6. The van der Waals surface area contributed by atoms with Crippen molar-refractivity contribution in [2.75, 3.05) is 13.6 Å². The molecular weight excluding hydrogens is 234 g/mol. The summed E-state index contributed by atoms with van der Waals surface area (Å²) >= 11 is 0. The third-order valence-corrected chi connectivity index (χ3v) is 2.98. The normalized spacial score (nSPS) is 11.3. The van der Waals surface area contributed by atoms with Crippen LogP contribution in [0.1, 0.15) is 25.3 Å². The Morgan fingerprint density at radius 3 is 2.53 bits per heavy atom. The molecule has 0 aliphatic heterocycles. The molecule has 19 heavy (non-hydrogen) atoms. The smallest absolute Gasteiger partial charge is 0.219 e. The van der Waals surface area contributed by atoms with E-state index in [1.807, 2.05) is 18.2 Å². The molecule has 0 bridgehead atoms. The first-order chi connectivity index (χ1) is 9.20. The van der Waals surface area contributed by atoms with Gasteiger partial charge in [-0.1, -0.05) is 54.6 Å². The first-order valence-electron chi connectivity index (χ1n) is 6.77. The third kappa shape index (κ3) is 7.24. The van der Waals surface area contributed by atoms with Crippen molar-refractivity contribution in [3.8, 4) is 0 Å². The van der Waals surface area contributed by atoms with Gasteiger partial charge in [-0.2, -0.15) is 0 Å². The number of hydrogen-bond donors (Lipinski definition) is 0. The fourth-order valence-electron chi connectivity index (χ4n) is 1.67. The van der Waals surface area contributed by atoms with Gasteiger partial charge in [0.25, 0.3) is 0 Å². The van der Waals surface area contributed by atoms with E-state index in [2.05, 4.69) is 36.4 Å². The van der Waals surface area contributed by atoms with Crippen molar-refractivity contribution < 1.29 is 4.79 Å². The lowest BCUT2D eigenvalue weighted by Crippen LogP contribution is -2.23. The van der Waals surface area contributed by atoms with E-state index in [9.17, 15) is 4.79 Å². The van der Waals surface area contributed by atoms with Gasteiger partial charge in [0.05, 0.1) is 0 Å². The quantitative estimate of drug-likeness (QED) is 0.540. The summed E-state index contributed by atoms with van der Waals surface area (Å²) in [5.74, 6) is 0.0940. The Bertz CT molecular complexity index is 420. The third-order valence-electron chi connectivity index (χ3n) is 2.98. The Morgan fingerprint density at radius 1 is 1.16 bits per heavy atom. The van der Waals surface area contributed by atoms with Gasteiger partial charge in [0, 0.05) is 20.5 Å². The number of hydrogen-bond acceptors (Lipinski definition) is 1. The molecule has 1 rings (SSSR count). The van der Waals surface area contributed by atoms with E-state index in [1.165, 1.54) is 12.0 Å². The molecule has 0 spiro atoms. The summed E-state index contributed by atoms with van der Waals surface area (Å²) < 4.78 is 0. The number of allylic oxidation sites excluding steroid dienone is 3. The summed E-state index contributed by atoms with van der Waals surface area (Å²) in [5.41, 5.74) is 1.40. The van der Waals surface area contributed by atoms with Crippen LogP contribution < -0.4 is 0 Å². The van der Waals surface area contributed by atoms with Crippen LogP contribution in [0.15, 0.2) is 54.6 Å². The maximum absolute atomic E-state index is 11.0. The number of benzene rings is 1. The maximum Gasteiger partial charge on any atom is 0.219 e. The molecule has 0 aliphatic rings. The van der Waals surface area contributed by atoms with Gasteiger partial charge >= 0.3 is 0 Å². The van der Waals surface area contributed by atoms with E-state index in [0.29, 0.717) is 6.54 Å². The highest BCUT2D eigenvalue weighted by atomic mass is 16.2. The minimum Gasteiger partial charge on any atom is -0.342 e. The monoisotopic (exact) mass is 257 g/mol. The van der Waals surface area contributed by atoms with E-state index in [4.69, 9.17) is 0 Å². The van der Waals surface area contributed by atoms with Crippen LogP contribution in [-0.4, -0.2) is 24.4 Å². The zero-order valence-electron chi connectivity index (χ0n) is 11.9. The van der Waals surface area contributed by atoms with Crippen LogP contribution in [0.25, 0.3) is 0 Å². The van der Waals surface area contributed by atoms with Gasteiger partial charge < -0.3 is 4.90 Å². The van der Waals surface area contributed by atoms with Crippen LogP contribution >= 0.6 is 0 Å². The number of aryl methyl sites for hydroxylation is 1. The molecule has 0 radical (unpaired) electrons. The standard InChI is InChI=1S/C17H23NO/c1-16(19)18(2)15-11-6-4-3-5-8-12-17-13-9-7-10-14-17/h3-4,6-7,9-11,13-14H,5,8,12,15H2,1-2H3/b4-3+,11-6+. The topological polar surface area (TPSA) is 20.3 Å². The van der Waals surface area contributed by atoms with Crippen LogP contribution in [0, 0.1) is 0 Å².